The Morgan fingerprint density at radius 2 is 2.14 bits per heavy atom. The molecular formula is C23H23NO4S. The van der Waals surface area contributed by atoms with Gasteiger partial charge in [0.1, 0.15) is 16.3 Å². The number of esters is 1. The second-order valence-corrected chi connectivity index (χ2v) is 8.67. The molecule has 2 heterocycles. The van der Waals surface area contributed by atoms with Crippen LogP contribution < -0.4 is 5.32 Å². The molecule has 0 fully saturated rings. The summed E-state index contributed by atoms with van der Waals surface area (Å²) in [7, 11) is 1.37. The molecule has 0 saturated carbocycles. The molecule has 2 aromatic heterocycles. The number of amides is 1. The predicted octanol–water partition coefficient (Wildman–Crippen LogP) is 5.37. The number of anilines is 1. The molecule has 29 heavy (non-hydrogen) atoms. The fraction of sp³-hybridized carbons (Fsp3) is 0.304. The Morgan fingerprint density at radius 3 is 2.93 bits per heavy atom. The highest BCUT2D eigenvalue weighted by atomic mass is 32.1. The molecule has 1 N–H and O–H groups in total. The lowest BCUT2D eigenvalue weighted by atomic mass is 9.88. The number of methoxy groups -OCH3 is 1. The van der Waals surface area contributed by atoms with Crippen LogP contribution >= 0.6 is 11.3 Å². The van der Waals surface area contributed by atoms with Gasteiger partial charge >= 0.3 is 5.97 Å². The molecule has 0 unspecified atom stereocenters. The van der Waals surface area contributed by atoms with Crippen LogP contribution in [-0.4, -0.2) is 19.0 Å². The normalized spacial score (nSPS) is 16.2. The highest BCUT2D eigenvalue weighted by molar-refractivity contribution is 7.17. The molecule has 1 aromatic carbocycles. The van der Waals surface area contributed by atoms with Gasteiger partial charge in [-0.25, -0.2) is 4.79 Å². The maximum Gasteiger partial charge on any atom is 0.341 e. The summed E-state index contributed by atoms with van der Waals surface area (Å²) in [6.45, 7) is 4.23. The first-order valence-corrected chi connectivity index (χ1v) is 10.5. The van der Waals surface area contributed by atoms with E-state index in [1.165, 1.54) is 24.5 Å². The van der Waals surface area contributed by atoms with Crippen molar-refractivity contribution in [1.82, 2.24) is 0 Å². The molecule has 1 aliphatic carbocycles. The number of nitrogens with one attached hydrogen (secondary N) is 1. The second-order valence-electron chi connectivity index (χ2n) is 7.56. The minimum atomic E-state index is -0.399. The van der Waals surface area contributed by atoms with E-state index in [2.05, 4.69) is 12.2 Å². The van der Waals surface area contributed by atoms with E-state index in [0.29, 0.717) is 22.2 Å². The van der Waals surface area contributed by atoms with Crippen molar-refractivity contribution in [2.75, 3.05) is 12.4 Å². The van der Waals surface area contributed by atoms with Gasteiger partial charge < -0.3 is 14.5 Å². The number of thiophene rings is 1. The zero-order chi connectivity index (χ0) is 20.5. The number of carbonyl (C=O) groups is 2. The summed E-state index contributed by atoms with van der Waals surface area (Å²) in [5.41, 5.74) is 3.45. The summed E-state index contributed by atoms with van der Waals surface area (Å²) in [5, 5.41) is 4.42. The van der Waals surface area contributed by atoms with E-state index in [0.717, 1.165) is 46.2 Å². The van der Waals surface area contributed by atoms with Crippen molar-refractivity contribution in [2.24, 2.45) is 5.92 Å². The summed E-state index contributed by atoms with van der Waals surface area (Å²) in [6, 6.07) is 7.84. The molecular weight excluding hydrogens is 386 g/mol. The highest BCUT2D eigenvalue weighted by Crippen LogP contribution is 2.40. The van der Waals surface area contributed by atoms with Crippen molar-refractivity contribution in [2.45, 2.75) is 33.1 Å². The van der Waals surface area contributed by atoms with E-state index in [1.807, 2.05) is 31.2 Å². The van der Waals surface area contributed by atoms with Crippen LogP contribution in [-0.2, 0) is 22.4 Å². The standard InChI is InChI=1S/C23H23NO4S/c1-13-5-8-18-15(10-13)12-16(28-18)6-9-20(25)24-22-21(23(26)27-3)17-7-4-14(2)11-19(17)29-22/h5-6,8-10,12,14H,4,7,11H2,1-3H3,(H,24,25)/b9-6+/t14-/m1/s1. The number of hydrogen-bond acceptors (Lipinski definition) is 5. The van der Waals surface area contributed by atoms with Crippen LogP contribution in [0, 0.1) is 12.8 Å². The van der Waals surface area contributed by atoms with Crippen molar-refractivity contribution in [3.05, 3.63) is 57.7 Å². The van der Waals surface area contributed by atoms with Crippen LogP contribution in [0.4, 0.5) is 5.00 Å². The molecule has 1 amide bonds. The number of furan rings is 1. The zero-order valence-electron chi connectivity index (χ0n) is 16.7. The average Bonchev–Trinajstić information content (AvgIpc) is 3.25. The molecule has 0 radical (unpaired) electrons. The fourth-order valence-corrected chi connectivity index (χ4v) is 5.14. The van der Waals surface area contributed by atoms with Crippen molar-refractivity contribution in [1.29, 1.82) is 0 Å². The lowest BCUT2D eigenvalue weighted by molar-refractivity contribution is -0.111. The topological polar surface area (TPSA) is 68.5 Å². The van der Waals surface area contributed by atoms with Gasteiger partial charge in [0.05, 0.1) is 12.7 Å². The third-order valence-corrected chi connectivity index (χ3v) is 6.40. The first kappa shape index (κ1) is 19.5. The van der Waals surface area contributed by atoms with Gasteiger partial charge in [-0.3, -0.25) is 4.79 Å². The average molecular weight is 410 g/mol. The third kappa shape index (κ3) is 3.98. The Bertz CT molecular complexity index is 1120. The van der Waals surface area contributed by atoms with Crippen molar-refractivity contribution >= 4 is 45.3 Å². The molecule has 150 valence electrons. The maximum absolute atomic E-state index is 12.5. The van der Waals surface area contributed by atoms with Gasteiger partial charge in [0.2, 0.25) is 5.91 Å². The van der Waals surface area contributed by atoms with Gasteiger partial charge in [0.25, 0.3) is 0 Å². The number of benzene rings is 1. The number of carbonyl (C=O) groups excluding carboxylic acids is 2. The van der Waals surface area contributed by atoms with Crippen LogP contribution in [0.3, 0.4) is 0 Å². The molecule has 1 atom stereocenters. The van der Waals surface area contributed by atoms with Crippen LogP contribution in [0.2, 0.25) is 0 Å². The van der Waals surface area contributed by atoms with E-state index >= 15 is 0 Å². The van der Waals surface area contributed by atoms with Gasteiger partial charge in [0.15, 0.2) is 0 Å². The Balaban J connectivity index is 1.55. The monoisotopic (exact) mass is 409 g/mol. The number of hydrogen-bond donors (Lipinski definition) is 1. The van der Waals surface area contributed by atoms with Gasteiger partial charge in [-0.2, -0.15) is 0 Å². The largest absolute Gasteiger partial charge is 0.465 e. The molecule has 1 aliphatic rings. The third-order valence-electron chi connectivity index (χ3n) is 5.23. The van der Waals surface area contributed by atoms with Gasteiger partial charge in [0, 0.05) is 16.3 Å². The second kappa shape index (κ2) is 7.87. The summed E-state index contributed by atoms with van der Waals surface area (Å²) in [5.74, 6) is 0.475. The number of ether oxygens (including phenoxy) is 1. The Morgan fingerprint density at radius 1 is 1.31 bits per heavy atom. The molecule has 4 rings (SSSR count). The number of fused-ring (bicyclic) bond motifs is 2. The van der Waals surface area contributed by atoms with Gasteiger partial charge in [-0.15, -0.1) is 11.3 Å². The summed E-state index contributed by atoms with van der Waals surface area (Å²) < 4.78 is 10.7. The van der Waals surface area contributed by atoms with E-state index in [-0.39, 0.29) is 5.91 Å². The quantitative estimate of drug-likeness (QED) is 0.465. The predicted molar refractivity (Wildman–Crippen MR) is 115 cm³/mol. The van der Waals surface area contributed by atoms with Crippen molar-refractivity contribution in [3.8, 4) is 0 Å². The zero-order valence-corrected chi connectivity index (χ0v) is 17.5. The van der Waals surface area contributed by atoms with Crippen molar-refractivity contribution in [3.63, 3.8) is 0 Å². The summed E-state index contributed by atoms with van der Waals surface area (Å²) in [4.78, 5) is 26.0. The van der Waals surface area contributed by atoms with Crippen LogP contribution in [0.5, 0.6) is 0 Å². The maximum atomic E-state index is 12.5. The number of aryl methyl sites for hydroxylation is 1. The lowest BCUT2D eigenvalue weighted by Crippen LogP contribution is -2.14. The van der Waals surface area contributed by atoms with Crippen LogP contribution in [0.25, 0.3) is 17.0 Å². The molecule has 6 heteroatoms. The van der Waals surface area contributed by atoms with Crippen molar-refractivity contribution < 1.29 is 18.7 Å². The minimum Gasteiger partial charge on any atom is -0.465 e. The van der Waals surface area contributed by atoms with Gasteiger partial charge in [-0.05, 0) is 61.9 Å². The fourth-order valence-electron chi connectivity index (χ4n) is 3.73. The van der Waals surface area contributed by atoms with Crippen LogP contribution in [0.15, 0.2) is 34.8 Å². The summed E-state index contributed by atoms with van der Waals surface area (Å²) in [6.07, 6.45) is 5.85. The van der Waals surface area contributed by atoms with E-state index < -0.39 is 5.97 Å². The first-order valence-electron chi connectivity index (χ1n) is 9.66. The molecule has 0 spiro atoms. The molecule has 0 aliphatic heterocycles. The first-order chi connectivity index (χ1) is 13.9. The minimum absolute atomic E-state index is 0.307. The van der Waals surface area contributed by atoms with Crippen LogP contribution in [0.1, 0.15) is 45.5 Å². The van der Waals surface area contributed by atoms with E-state index in [1.54, 1.807) is 6.08 Å². The molecule has 0 bridgehead atoms. The lowest BCUT2D eigenvalue weighted by Gasteiger charge is -2.18. The smallest absolute Gasteiger partial charge is 0.341 e. The highest BCUT2D eigenvalue weighted by Gasteiger charge is 2.28. The Hall–Kier alpha value is -2.86. The molecule has 0 saturated heterocycles. The molecule has 5 nitrogen and oxygen atoms in total. The Kier molecular flexibility index (Phi) is 5.28. The van der Waals surface area contributed by atoms with E-state index in [4.69, 9.17) is 9.15 Å². The molecule has 3 aromatic rings. The SMILES string of the molecule is COC(=O)c1c(NC(=O)/C=C/c2cc3cc(C)ccc3o2)sc2c1CC[C@@H](C)C2. The summed E-state index contributed by atoms with van der Waals surface area (Å²) >= 11 is 1.47. The number of rotatable bonds is 4. The Labute approximate surface area is 173 Å². The van der Waals surface area contributed by atoms with E-state index in [9.17, 15) is 9.59 Å². The van der Waals surface area contributed by atoms with Gasteiger partial charge in [-0.1, -0.05) is 18.6 Å².